The molecule has 0 radical (unpaired) electrons. The third kappa shape index (κ3) is 2.14. The quantitative estimate of drug-likeness (QED) is 0.692. The lowest BCUT2D eigenvalue weighted by Gasteiger charge is -2.40. The van der Waals surface area contributed by atoms with Crippen LogP contribution in [0.3, 0.4) is 0 Å². The molecule has 0 spiro atoms. The molecule has 2 aliphatic heterocycles. The van der Waals surface area contributed by atoms with E-state index in [0.29, 0.717) is 24.1 Å². The Morgan fingerprint density at radius 3 is 2.74 bits per heavy atom. The van der Waals surface area contributed by atoms with E-state index in [1.165, 1.54) is 0 Å². The van der Waals surface area contributed by atoms with Crippen molar-refractivity contribution in [3.05, 3.63) is 0 Å². The van der Waals surface area contributed by atoms with Gasteiger partial charge in [-0.2, -0.15) is 9.97 Å². The number of rotatable bonds is 2. The number of ether oxygens (including phenoxy) is 1. The van der Waals surface area contributed by atoms with Gasteiger partial charge in [0.25, 0.3) is 0 Å². The Labute approximate surface area is 112 Å². The van der Waals surface area contributed by atoms with Crippen molar-refractivity contribution in [1.82, 2.24) is 9.97 Å². The molecule has 1 fully saturated rings. The zero-order valence-electron chi connectivity index (χ0n) is 11.3. The van der Waals surface area contributed by atoms with Gasteiger partial charge in [0.1, 0.15) is 6.61 Å². The molecular formula is C12H20N6O. The van der Waals surface area contributed by atoms with E-state index in [4.69, 9.17) is 16.2 Å². The molecule has 0 saturated carbocycles. The molecule has 3 heterocycles. The second-order valence-corrected chi connectivity index (χ2v) is 5.55. The highest BCUT2D eigenvalue weighted by molar-refractivity contribution is 5.69. The zero-order valence-corrected chi connectivity index (χ0v) is 11.3. The summed E-state index contributed by atoms with van der Waals surface area (Å²) >= 11 is 0. The molecule has 2 aliphatic rings. The number of nitrogens with two attached hydrogens (primary N) is 2. The van der Waals surface area contributed by atoms with Gasteiger partial charge in [-0.1, -0.05) is 13.8 Å². The number of nitrogens with zero attached hydrogens (tertiary/aromatic N) is 3. The first-order chi connectivity index (χ1) is 9.04. The summed E-state index contributed by atoms with van der Waals surface area (Å²) in [5.74, 6) is 2.85. The minimum absolute atomic E-state index is 0.201. The summed E-state index contributed by atoms with van der Waals surface area (Å²) in [7, 11) is 0. The SMILES string of the molecule is CC(C)[C@@H]1COc2c(nc(N)nc2N2CC(N)C2)N1. The first-order valence-electron chi connectivity index (χ1n) is 6.62. The Balaban J connectivity index is 1.91. The van der Waals surface area contributed by atoms with Gasteiger partial charge in [-0.25, -0.2) is 0 Å². The van der Waals surface area contributed by atoms with Gasteiger partial charge in [0.2, 0.25) is 11.7 Å². The summed E-state index contributed by atoms with van der Waals surface area (Å²) in [4.78, 5) is 10.6. The summed E-state index contributed by atoms with van der Waals surface area (Å²) in [6.07, 6.45) is 0. The maximum absolute atomic E-state index is 5.85. The predicted octanol–water partition coefficient (Wildman–Crippen LogP) is 0.0350. The average molecular weight is 264 g/mol. The van der Waals surface area contributed by atoms with Crippen LogP contribution in [0.25, 0.3) is 0 Å². The van der Waals surface area contributed by atoms with Crippen molar-refractivity contribution in [1.29, 1.82) is 0 Å². The molecule has 5 N–H and O–H groups in total. The summed E-state index contributed by atoms with van der Waals surface area (Å²) in [6.45, 7) is 6.46. The predicted molar refractivity (Wildman–Crippen MR) is 74.4 cm³/mol. The fourth-order valence-corrected chi connectivity index (χ4v) is 2.34. The molecule has 1 aromatic heterocycles. The number of fused-ring (bicyclic) bond motifs is 1. The lowest BCUT2D eigenvalue weighted by atomic mass is 10.0. The van der Waals surface area contributed by atoms with E-state index in [1.54, 1.807) is 0 Å². The molecular weight excluding hydrogens is 244 g/mol. The zero-order chi connectivity index (χ0) is 13.6. The van der Waals surface area contributed by atoms with E-state index < -0.39 is 0 Å². The van der Waals surface area contributed by atoms with Crippen LogP contribution < -0.4 is 26.4 Å². The Morgan fingerprint density at radius 1 is 1.37 bits per heavy atom. The summed E-state index contributed by atoms with van der Waals surface area (Å²) in [5, 5.41) is 3.38. The van der Waals surface area contributed by atoms with E-state index in [0.717, 1.165) is 18.9 Å². The van der Waals surface area contributed by atoms with Crippen LogP contribution in [-0.2, 0) is 0 Å². The molecule has 19 heavy (non-hydrogen) atoms. The first-order valence-corrected chi connectivity index (χ1v) is 6.62. The lowest BCUT2D eigenvalue weighted by molar-refractivity contribution is 0.254. The second kappa shape index (κ2) is 4.41. The fraction of sp³-hybridized carbons (Fsp3) is 0.667. The van der Waals surface area contributed by atoms with Crippen LogP contribution in [0, 0.1) is 5.92 Å². The normalized spacial score (nSPS) is 22.5. The highest BCUT2D eigenvalue weighted by Gasteiger charge is 2.32. The summed E-state index contributed by atoms with van der Waals surface area (Å²) in [6, 6.07) is 0.445. The highest BCUT2D eigenvalue weighted by atomic mass is 16.5. The van der Waals surface area contributed by atoms with Gasteiger partial charge in [-0.15, -0.1) is 0 Å². The van der Waals surface area contributed by atoms with Crippen LogP contribution in [0.2, 0.25) is 0 Å². The van der Waals surface area contributed by atoms with Crippen molar-refractivity contribution in [2.75, 3.05) is 35.6 Å². The Kier molecular flexibility index (Phi) is 2.85. The minimum atomic E-state index is 0.201. The minimum Gasteiger partial charge on any atom is -0.484 e. The summed E-state index contributed by atoms with van der Waals surface area (Å²) in [5.41, 5.74) is 11.6. The first kappa shape index (κ1) is 12.3. The number of hydrogen-bond acceptors (Lipinski definition) is 7. The molecule has 0 aromatic carbocycles. The summed E-state index contributed by atoms with van der Waals surface area (Å²) < 4.78 is 5.85. The molecule has 1 aromatic rings. The van der Waals surface area contributed by atoms with Crippen LogP contribution >= 0.6 is 0 Å². The number of aromatic nitrogens is 2. The third-order valence-electron chi connectivity index (χ3n) is 3.61. The van der Waals surface area contributed by atoms with Gasteiger partial charge < -0.3 is 26.4 Å². The van der Waals surface area contributed by atoms with E-state index in [-0.39, 0.29) is 18.0 Å². The molecule has 7 nitrogen and oxygen atoms in total. The molecule has 104 valence electrons. The van der Waals surface area contributed by atoms with Crippen molar-refractivity contribution in [2.24, 2.45) is 11.7 Å². The van der Waals surface area contributed by atoms with E-state index in [2.05, 4.69) is 34.0 Å². The Morgan fingerprint density at radius 2 is 2.11 bits per heavy atom. The van der Waals surface area contributed by atoms with Gasteiger partial charge >= 0.3 is 0 Å². The maximum atomic E-state index is 5.85. The van der Waals surface area contributed by atoms with Crippen molar-refractivity contribution >= 4 is 17.6 Å². The van der Waals surface area contributed by atoms with Crippen molar-refractivity contribution in [2.45, 2.75) is 25.9 Å². The number of nitrogens with one attached hydrogen (secondary N) is 1. The number of nitrogen functional groups attached to an aromatic ring is 1. The lowest BCUT2D eigenvalue weighted by Crippen LogP contribution is -2.56. The fourth-order valence-electron chi connectivity index (χ4n) is 2.34. The largest absolute Gasteiger partial charge is 0.484 e. The maximum Gasteiger partial charge on any atom is 0.224 e. The van der Waals surface area contributed by atoms with Gasteiger partial charge in [-0.05, 0) is 5.92 Å². The molecule has 7 heteroatoms. The smallest absolute Gasteiger partial charge is 0.224 e. The van der Waals surface area contributed by atoms with Crippen LogP contribution in [0.15, 0.2) is 0 Å². The Bertz CT molecular complexity index is 485. The Hall–Kier alpha value is -1.76. The molecule has 1 saturated heterocycles. The highest BCUT2D eigenvalue weighted by Crippen LogP contribution is 2.38. The van der Waals surface area contributed by atoms with Gasteiger partial charge in [0.05, 0.1) is 6.04 Å². The molecule has 0 bridgehead atoms. The number of anilines is 3. The molecule has 3 rings (SSSR count). The van der Waals surface area contributed by atoms with Crippen molar-refractivity contribution < 1.29 is 4.74 Å². The van der Waals surface area contributed by atoms with Crippen molar-refractivity contribution in [3.8, 4) is 5.75 Å². The van der Waals surface area contributed by atoms with E-state index in [1.807, 2.05) is 0 Å². The molecule has 0 aliphatic carbocycles. The van der Waals surface area contributed by atoms with Crippen LogP contribution in [-0.4, -0.2) is 41.7 Å². The topological polar surface area (TPSA) is 102 Å². The second-order valence-electron chi connectivity index (χ2n) is 5.55. The van der Waals surface area contributed by atoms with Gasteiger partial charge in [0.15, 0.2) is 11.6 Å². The van der Waals surface area contributed by atoms with E-state index in [9.17, 15) is 0 Å². The molecule has 0 amide bonds. The molecule has 0 unspecified atom stereocenters. The average Bonchev–Trinajstić information content (AvgIpc) is 2.33. The van der Waals surface area contributed by atoms with Crippen LogP contribution in [0.5, 0.6) is 5.75 Å². The standard InChI is InChI=1S/C12H20N6O/c1-6(2)8-5-19-9-10(15-8)16-12(14)17-11(9)18-3-7(13)4-18/h6-8H,3-5,13H2,1-2H3,(H3,14,15,16,17)/t8-/m0/s1. The van der Waals surface area contributed by atoms with E-state index >= 15 is 0 Å². The van der Waals surface area contributed by atoms with Crippen LogP contribution in [0.4, 0.5) is 17.6 Å². The monoisotopic (exact) mass is 264 g/mol. The van der Waals surface area contributed by atoms with Crippen molar-refractivity contribution in [3.63, 3.8) is 0 Å². The van der Waals surface area contributed by atoms with Gasteiger partial charge in [0, 0.05) is 19.1 Å². The van der Waals surface area contributed by atoms with Gasteiger partial charge in [-0.3, -0.25) is 0 Å². The molecule has 1 atom stereocenters. The van der Waals surface area contributed by atoms with Crippen LogP contribution in [0.1, 0.15) is 13.8 Å². The number of hydrogen-bond donors (Lipinski definition) is 3. The third-order valence-corrected chi connectivity index (χ3v) is 3.61.